The van der Waals surface area contributed by atoms with Crippen molar-refractivity contribution in [1.29, 1.82) is 0 Å². The predicted octanol–water partition coefficient (Wildman–Crippen LogP) is 1.48. The average molecular weight is 123 g/mol. The molecule has 0 amide bonds. The van der Waals surface area contributed by atoms with Gasteiger partial charge in [0.15, 0.2) is 0 Å². The molecular formula is C7H11N2. The van der Waals surface area contributed by atoms with Gasteiger partial charge in [-0.05, 0) is 13.0 Å². The molecule has 0 fully saturated rings. The lowest BCUT2D eigenvalue weighted by atomic mass is 10.4. The van der Waals surface area contributed by atoms with Crippen molar-refractivity contribution in [2.75, 3.05) is 0 Å². The van der Waals surface area contributed by atoms with Gasteiger partial charge in [-0.2, -0.15) is 5.10 Å². The van der Waals surface area contributed by atoms with Gasteiger partial charge in [0.25, 0.3) is 0 Å². The van der Waals surface area contributed by atoms with Crippen molar-refractivity contribution in [3.63, 3.8) is 0 Å². The Morgan fingerprint density at radius 2 is 2.56 bits per heavy atom. The Morgan fingerprint density at radius 3 is 2.89 bits per heavy atom. The minimum atomic E-state index is 0.952. The molecule has 0 aliphatic carbocycles. The van der Waals surface area contributed by atoms with Gasteiger partial charge in [0.2, 0.25) is 0 Å². The van der Waals surface area contributed by atoms with Crippen LogP contribution in [0.5, 0.6) is 0 Å². The summed E-state index contributed by atoms with van der Waals surface area (Å²) in [5.41, 5.74) is 1.05. The van der Waals surface area contributed by atoms with Gasteiger partial charge < -0.3 is 0 Å². The van der Waals surface area contributed by atoms with Crippen LogP contribution in [0.4, 0.5) is 0 Å². The molecule has 0 N–H and O–H groups in total. The fraction of sp³-hybridized carbons (Fsp3) is 0.429. The molecule has 1 radical (unpaired) electrons. The number of hydrogen-bond donors (Lipinski definition) is 0. The topological polar surface area (TPSA) is 17.8 Å². The van der Waals surface area contributed by atoms with Crippen molar-refractivity contribution in [3.8, 4) is 0 Å². The number of rotatable bonds is 2. The van der Waals surface area contributed by atoms with E-state index >= 15 is 0 Å². The van der Waals surface area contributed by atoms with Gasteiger partial charge in [0, 0.05) is 19.2 Å². The smallest absolute Gasteiger partial charge is 0.0659 e. The van der Waals surface area contributed by atoms with E-state index in [-0.39, 0.29) is 0 Å². The second-order valence-corrected chi connectivity index (χ2v) is 1.88. The Kier molecular flexibility index (Phi) is 1.88. The second-order valence-electron chi connectivity index (χ2n) is 1.88. The lowest BCUT2D eigenvalue weighted by molar-refractivity contribution is 0.654. The molecule has 0 aromatic carbocycles. The molecule has 0 saturated carbocycles. The summed E-state index contributed by atoms with van der Waals surface area (Å²) in [4.78, 5) is 0. The van der Waals surface area contributed by atoms with Crippen LogP contribution in [0.3, 0.4) is 0 Å². The van der Waals surface area contributed by atoms with Crippen molar-refractivity contribution in [1.82, 2.24) is 9.78 Å². The lowest BCUT2D eigenvalue weighted by Gasteiger charge is -1.90. The van der Waals surface area contributed by atoms with Crippen LogP contribution in [0.1, 0.15) is 19.5 Å². The predicted molar refractivity (Wildman–Crippen MR) is 37.0 cm³/mol. The van der Waals surface area contributed by atoms with Gasteiger partial charge in [0.05, 0.1) is 5.69 Å². The molecule has 2 heteroatoms. The van der Waals surface area contributed by atoms with Crippen LogP contribution in [0, 0.1) is 6.42 Å². The maximum absolute atomic E-state index is 4.21. The van der Waals surface area contributed by atoms with E-state index in [1.165, 1.54) is 0 Å². The summed E-state index contributed by atoms with van der Waals surface area (Å²) in [6.45, 7) is 5.02. The zero-order valence-corrected chi connectivity index (χ0v) is 5.83. The van der Waals surface area contributed by atoms with Crippen molar-refractivity contribution in [2.45, 2.75) is 20.4 Å². The largest absolute Gasteiger partial charge is 0.273 e. The Bertz CT molecular complexity index is 160. The zero-order chi connectivity index (χ0) is 6.69. The first-order valence-corrected chi connectivity index (χ1v) is 3.19. The van der Waals surface area contributed by atoms with E-state index in [0.717, 1.165) is 12.2 Å². The second kappa shape index (κ2) is 2.67. The Hall–Kier alpha value is -0.790. The summed E-state index contributed by atoms with van der Waals surface area (Å²) >= 11 is 0. The molecule has 1 aromatic heterocycles. The molecule has 1 rings (SSSR count). The Labute approximate surface area is 55.5 Å². The monoisotopic (exact) mass is 123 g/mol. The summed E-state index contributed by atoms with van der Waals surface area (Å²) in [6.07, 6.45) is 3.97. The van der Waals surface area contributed by atoms with Crippen molar-refractivity contribution < 1.29 is 0 Å². The molecule has 0 aliphatic heterocycles. The minimum absolute atomic E-state index is 0.952. The molecule has 9 heavy (non-hydrogen) atoms. The fourth-order valence-corrected chi connectivity index (χ4v) is 0.707. The highest BCUT2D eigenvalue weighted by Gasteiger charge is 1.91. The number of aromatic nitrogens is 2. The van der Waals surface area contributed by atoms with E-state index in [2.05, 4.69) is 12.0 Å². The summed E-state index contributed by atoms with van der Waals surface area (Å²) in [6, 6.07) is 2.00. The summed E-state index contributed by atoms with van der Waals surface area (Å²) < 4.78 is 1.91. The standard InChI is InChI=1S/C7H11N2/c1-3-7-5-6-9(4-2)8-7/h3,5-6H,4H2,1-2H3. The van der Waals surface area contributed by atoms with Crippen LogP contribution in [-0.2, 0) is 6.54 Å². The molecule has 0 bridgehead atoms. The van der Waals surface area contributed by atoms with Gasteiger partial charge in [-0.3, -0.25) is 4.68 Å². The molecule has 0 aliphatic rings. The third-order valence-electron chi connectivity index (χ3n) is 1.28. The molecule has 0 saturated heterocycles. The highest BCUT2D eigenvalue weighted by atomic mass is 15.3. The van der Waals surface area contributed by atoms with Gasteiger partial charge in [-0.15, -0.1) is 0 Å². The lowest BCUT2D eigenvalue weighted by Crippen LogP contribution is -1.94. The zero-order valence-electron chi connectivity index (χ0n) is 5.83. The van der Waals surface area contributed by atoms with E-state index in [1.807, 2.05) is 30.3 Å². The molecular weight excluding hydrogens is 112 g/mol. The molecule has 0 atom stereocenters. The van der Waals surface area contributed by atoms with Crippen LogP contribution in [0.25, 0.3) is 0 Å². The number of hydrogen-bond acceptors (Lipinski definition) is 1. The Balaban J connectivity index is 2.74. The molecule has 1 aromatic rings. The molecule has 0 unspecified atom stereocenters. The normalized spacial score (nSPS) is 10.0. The first-order valence-electron chi connectivity index (χ1n) is 3.19. The van der Waals surface area contributed by atoms with Crippen LogP contribution in [-0.4, -0.2) is 9.78 Å². The van der Waals surface area contributed by atoms with E-state index in [4.69, 9.17) is 0 Å². The van der Waals surface area contributed by atoms with Gasteiger partial charge in [-0.1, -0.05) is 6.92 Å². The van der Waals surface area contributed by atoms with Crippen LogP contribution in [0.2, 0.25) is 0 Å². The highest BCUT2D eigenvalue weighted by molar-refractivity contribution is 5.07. The van der Waals surface area contributed by atoms with E-state index in [1.54, 1.807) is 0 Å². The first-order chi connectivity index (χ1) is 4.36. The third kappa shape index (κ3) is 1.31. The van der Waals surface area contributed by atoms with E-state index < -0.39 is 0 Å². The van der Waals surface area contributed by atoms with Crippen molar-refractivity contribution in [3.05, 3.63) is 24.4 Å². The molecule has 1 heterocycles. The summed E-state index contributed by atoms with van der Waals surface area (Å²) in [7, 11) is 0. The molecule has 49 valence electrons. The maximum Gasteiger partial charge on any atom is 0.0659 e. The van der Waals surface area contributed by atoms with E-state index in [0.29, 0.717) is 0 Å². The molecule has 0 spiro atoms. The minimum Gasteiger partial charge on any atom is -0.273 e. The van der Waals surface area contributed by atoms with Crippen molar-refractivity contribution >= 4 is 0 Å². The quantitative estimate of drug-likeness (QED) is 0.582. The number of aryl methyl sites for hydroxylation is 1. The first kappa shape index (κ1) is 6.33. The van der Waals surface area contributed by atoms with E-state index in [9.17, 15) is 0 Å². The fourth-order valence-electron chi connectivity index (χ4n) is 0.707. The van der Waals surface area contributed by atoms with Crippen LogP contribution >= 0.6 is 0 Å². The van der Waals surface area contributed by atoms with Gasteiger partial charge in [0.1, 0.15) is 0 Å². The van der Waals surface area contributed by atoms with Crippen molar-refractivity contribution in [2.24, 2.45) is 0 Å². The molecule has 2 nitrogen and oxygen atoms in total. The van der Waals surface area contributed by atoms with Crippen LogP contribution < -0.4 is 0 Å². The van der Waals surface area contributed by atoms with Crippen LogP contribution in [0.15, 0.2) is 12.3 Å². The van der Waals surface area contributed by atoms with Gasteiger partial charge in [-0.25, -0.2) is 0 Å². The summed E-state index contributed by atoms with van der Waals surface area (Å²) in [5, 5.41) is 4.21. The SMILES string of the molecule is C[CH]c1ccn(CC)n1. The maximum atomic E-state index is 4.21. The van der Waals surface area contributed by atoms with Gasteiger partial charge >= 0.3 is 0 Å². The highest BCUT2D eigenvalue weighted by Crippen LogP contribution is 1.96. The average Bonchev–Trinajstić information content (AvgIpc) is 2.34. The Morgan fingerprint density at radius 1 is 1.78 bits per heavy atom. The summed E-state index contributed by atoms with van der Waals surface area (Å²) in [5.74, 6) is 0. The third-order valence-corrected chi connectivity index (χ3v) is 1.28. The number of nitrogens with zero attached hydrogens (tertiary/aromatic N) is 2.